The van der Waals surface area contributed by atoms with Crippen LogP contribution in [0.2, 0.25) is 5.02 Å². The normalized spacial score (nSPS) is 32.5. The van der Waals surface area contributed by atoms with E-state index in [-0.39, 0.29) is 23.8 Å². The van der Waals surface area contributed by atoms with Crippen molar-refractivity contribution in [2.75, 3.05) is 24.5 Å². The molecule has 2 saturated heterocycles. The molecule has 0 spiro atoms. The summed E-state index contributed by atoms with van der Waals surface area (Å²) in [7, 11) is 0. The molecule has 0 aromatic heterocycles. The van der Waals surface area contributed by atoms with Gasteiger partial charge in [0.25, 0.3) is 0 Å². The summed E-state index contributed by atoms with van der Waals surface area (Å²) in [5.74, 6) is 0.864. The molecule has 3 aliphatic rings. The minimum Gasteiger partial charge on any atom is -0.342 e. The predicted octanol–water partition coefficient (Wildman–Crippen LogP) is 1.89. The van der Waals surface area contributed by atoms with E-state index in [1.54, 1.807) is 17.0 Å². The molecular formula is C18H22ClN3O2. The number of fused-ring (bicyclic) bond motifs is 1. The molecule has 4 atom stereocenters. The Kier molecular flexibility index (Phi) is 4.01. The van der Waals surface area contributed by atoms with Crippen molar-refractivity contribution in [2.24, 2.45) is 23.5 Å². The van der Waals surface area contributed by atoms with Gasteiger partial charge in [-0.25, -0.2) is 0 Å². The summed E-state index contributed by atoms with van der Waals surface area (Å²) in [5.41, 5.74) is 6.96. The van der Waals surface area contributed by atoms with Gasteiger partial charge in [-0.1, -0.05) is 11.6 Å². The predicted molar refractivity (Wildman–Crippen MR) is 92.7 cm³/mol. The van der Waals surface area contributed by atoms with E-state index in [9.17, 15) is 9.59 Å². The first-order valence-electron chi connectivity index (χ1n) is 8.63. The molecule has 3 fully saturated rings. The quantitative estimate of drug-likeness (QED) is 0.888. The smallest absolute Gasteiger partial charge is 0.228 e. The van der Waals surface area contributed by atoms with E-state index < -0.39 is 0 Å². The highest BCUT2D eigenvalue weighted by Gasteiger charge is 2.45. The topological polar surface area (TPSA) is 66.6 Å². The molecule has 128 valence electrons. The Morgan fingerprint density at radius 3 is 2.58 bits per heavy atom. The SMILES string of the molecule is NC1CCC2CN(C(=O)C3CC(=O)N(c4ccc(Cl)cc4)C3)CC12. The lowest BCUT2D eigenvalue weighted by Gasteiger charge is -2.22. The first-order valence-corrected chi connectivity index (χ1v) is 9.01. The van der Waals surface area contributed by atoms with Gasteiger partial charge in [0.1, 0.15) is 0 Å². The van der Waals surface area contributed by atoms with Crippen LogP contribution in [-0.2, 0) is 9.59 Å². The maximum absolute atomic E-state index is 12.8. The fourth-order valence-electron chi connectivity index (χ4n) is 4.49. The van der Waals surface area contributed by atoms with Crippen LogP contribution < -0.4 is 10.6 Å². The molecule has 2 amide bonds. The summed E-state index contributed by atoms with van der Waals surface area (Å²) in [6.45, 7) is 2.02. The molecule has 24 heavy (non-hydrogen) atoms. The summed E-state index contributed by atoms with van der Waals surface area (Å²) in [6.07, 6.45) is 2.49. The number of nitrogens with two attached hydrogens (primary N) is 1. The van der Waals surface area contributed by atoms with E-state index in [0.29, 0.717) is 29.8 Å². The largest absolute Gasteiger partial charge is 0.342 e. The van der Waals surface area contributed by atoms with Gasteiger partial charge in [-0.3, -0.25) is 9.59 Å². The first-order chi connectivity index (χ1) is 11.5. The fourth-order valence-corrected chi connectivity index (χ4v) is 4.62. The van der Waals surface area contributed by atoms with Crippen molar-refractivity contribution < 1.29 is 9.59 Å². The summed E-state index contributed by atoms with van der Waals surface area (Å²) >= 11 is 5.90. The zero-order valence-electron chi connectivity index (χ0n) is 13.5. The molecule has 4 unspecified atom stereocenters. The first kappa shape index (κ1) is 15.9. The summed E-state index contributed by atoms with van der Waals surface area (Å²) in [4.78, 5) is 28.8. The zero-order valence-corrected chi connectivity index (χ0v) is 14.3. The second kappa shape index (κ2) is 6.05. The summed E-state index contributed by atoms with van der Waals surface area (Å²) in [6, 6.07) is 7.41. The Labute approximate surface area is 146 Å². The van der Waals surface area contributed by atoms with Crippen LogP contribution in [0.25, 0.3) is 0 Å². The maximum Gasteiger partial charge on any atom is 0.228 e. The lowest BCUT2D eigenvalue weighted by Crippen LogP contribution is -2.38. The number of amides is 2. The average Bonchev–Trinajstić information content (AvgIpc) is 3.24. The Hall–Kier alpha value is -1.59. The van der Waals surface area contributed by atoms with Crippen molar-refractivity contribution in [3.63, 3.8) is 0 Å². The average molecular weight is 348 g/mol. The second-order valence-corrected chi connectivity index (χ2v) is 7.73. The van der Waals surface area contributed by atoms with Crippen LogP contribution in [0, 0.1) is 17.8 Å². The van der Waals surface area contributed by atoms with Crippen molar-refractivity contribution in [3.8, 4) is 0 Å². The Morgan fingerprint density at radius 2 is 1.88 bits per heavy atom. The number of anilines is 1. The van der Waals surface area contributed by atoms with Gasteiger partial charge in [-0.15, -0.1) is 0 Å². The van der Waals surface area contributed by atoms with Crippen molar-refractivity contribution in [1.82, 2.24) is 4.90 Å². The van der Waals surface area contributed by atoms with Crippen LogP contribution in [0.4, 0.5) is 5.69 Å². The minimum absolute atomic E-state index is 0.00626. The second-order valence-electron chi connectivity index (χ2n) is 7.29. The van der Waals surface area contributed by atoms with Gasteiger partial charge < -0.3 is 15.5 Å². The van der Waals surface area contributed by atoms with Crippen LogP contribution in [0.1, 0.15) is 19.3 Å². The van der Waals surface area contributed by atoms with Crippen molar-refractivity contribution in [1.29, 1.82) is 0 Å². The Morgan fingerprint density at radius 1 is 1.12 bits per heavy atom. The number of likely N-dealkylation sites (tertiary alicyclic amines) is 1. The highest BCUT2D eigenvalue weighted by molar-refractivity contribution is 6.30. The van der Waals surface area contributed by atoms with Crippen molar-refractivity contribution >= 4 is 29.1 Å². The molecule has 2 N–H and O–H groups in total. The number of carbonyl (C=O) groups is 2. The zero-order chi connectivity index (χ0) is 16.8. The third kappa shape index (κ3) is 2.70. The highest BCUT2D eigenvalue weighted by atomic mass is 35.5. The monoisotopic (exact) mass is 347 g/mol. The van der Waals surface area contributed by atoms with Gasteiger partial charge in [0, 0.05) is 42.8 Å². The number of hydrogen-bond acceptors (Lipinski definition) is 3. The molecule has 4 rings (SSSR count). The van der Waals surface area contributed by atoms with Crippen molar-refractivity contribution in [3.05, 3.63) is 29.3 Å². The van der Waals surface area contributed by atoms with E-state index in [0.717, 1.165) is 31.6 Å². The maximum atomic E-state index is 12.8. The Bertz CT molecular complexity index is 663. The molecule has 5 nitrogen and oxygen atoms in total. The lowest BCUT2D eigenvalue weighted by atomic mass is 9.98. The fraction of sp³-hybridized carbons (Fsp3) is 0.556. The van der Waals surface area contributed by atoms with Gasteiger partial charge in [0.15, 0.2) is 0 Å². The molecule has 0 radical (unpaired) electrons. The van der Waals surface area contributed by atoms with E-state index in [2.05, 4.69) is 0 Å². The van der Waals surface area contributed by atoms with Crippen LogP contribution >= 0.6 is 11.6 Å². The number of benzene rings is 1. The van der Waals surface area contributed by atoms with E-state index in [1.807, 2.05) is 17.0 Å². The van der Waals surface area contributed by atoms with Crippen molar-refractivity contribution in [2.45, 2.75) is 25.3 Å². The van der Waals surface area contributed by atoms with E-state index >= 15 is 0 Å². The molecular weight excluding hydrogens is 326 g/mol. The molecule has 0 bridgehead atoms. The molecule has 2 heterocycles. The lowest BCUT2D eigenvalue weighted by molar-refractivity contribution is -0.135. The molecule has 2 aliphatic heterocycles. The summed E-state index contributed by atoms with van der Waals surface area (Å²) in [5, 5.41) is 0.637. The van der Waals surface area contributed by atoms with Gasteiger partial charge in [0.05, 0.1) is 5.92 Å². The van der Waals surface area contributed by atoms with Gasteiger partial charge in [-0.05, 0) is 48.9 Å². The number of halogens is 1. The van der Waals surface area contributed by atoms with Gasteiger partial charge in [0.2, 0.25) is 11.8 Å². The van der Waals surface area contributed by atoms with Crippen LogP contribution in [0.3, 0.4) is 0 Å². The molecule has 1 aliphatic carbocycles. The third-order valence-electron chi connectivity index (χ3n) is 5.84. The van der Waals surface area contributed by atoms with Gasteiger partial charge >= 0.3 is 0 Å². The van der Waals surface area contributed by atoms with Crippen LogP contribution in [0.15, 0.2) is 24.3 Å². The van der Waals surface area contributed by atoms with E-state index in [1.165, 1.54) is 0 Å². The van der Waals surface area contributed by atoms with Crippen LogP contribution in [-0.4, -0.2) is 42.4 Å². The van der Waals surface area contributed by atoms with E-state index in [4.69, 9.17) is 17.3 Å². The van der Waals surface area contributed by atoms with Crippen LogP contribution in [0.5, 0.6) is 0 Å². The third-order valence-corrected chi connectivity index (χ3v) is 6.09. The highest BCUT2D eigenvalue weighted by Crippen LogP contribution is 2.38. The van der Waals surface area contributed by atoms with Gasteiger partial charge in [-0.2, -0.15) is 0 Å². The minimum atomic E-state index is -0.247. The number of nitrogens with zero attached hydrogens (tertiary/aromatic N) is 2. The standard InChI is InChI=1S/C18H22ClN3O2/c19-13-2-4-14(5-3-13)22-9-12(7-17(22)23)18(24)21-8-11-1-6-16(20)15(11)10-21/h2-5,11-12,15-16H,1,6-10,20H2. The number of carbonyl (C=O) groups excluding carboxylic acids is 2. The number of hydrogen-bond donors (Lipinski definition) is 1. The Balaban J connectivity index is 1.43. The molecule has 6 heteroatoms. The molecule has 1 aromatic rings. The molecule has 1 aromatic carbocycles. The summed E-state index contributed by atoms with van der Waals surface area (Å²) < 4.78 is 0. The number of rotatable bonds is 2. The molecule has 1 saturated carbocycles.